The van der Waals surface area contributed by atoms with Crippen molar-refractivity contribution in [3.8, 4) is 0 Å². The molecule has 4 heteroatoms. The molecule has 0 aliphatic carbocycles. The molecule has 3 nitrogen and oxygen atoms in total. The van der Waals surface area contributed by atoms with E-state index in [1.807, 2.05) is 19.1 Å². The summed E-state index contributed by atoms with van der Waals surface area (Å²) in [6.45, 7) is 6.06. The number of anilines is 1. The largest absolute Gasteiger partial charge is 0.478 e. The van der Waals surface area contributed by atoms with Gasteiger partial charge in [-0.3, -0.25) is 0 Å². The quantitative estimate of drug-likeness (QED) is 0.829. The number of fused-ring (bicyclic) bond motifs is 1. The SMILES string of the molecule is CC1=CC(C)(C)Nc2ccc(Br)c(C(=O)O)c21. The van der Waals surface area contributed by atoms with E-state index >= 15 is 0 Å². The third-order valence-corrected chi connectivity index (χ3v) is 3.46. The summed E-state index contributed by atoms with van der Waals surface area (Å²) < 4.78 is 0.609. The summed E-state index contributed by atoms with van der Waals surface area (Å²) in [5, 5.41) is 12.6. The first kappa shape index (κ1) is 12.2. The Balaban J connectivity index is 2.73. The molecule has 1 aromatic carbocycles. The Morgan fingerprint density at radius 2 is 2.06 bits per heavy atom. The third-order valence-electron chi connectivity index (χ3n) is 2.80. The molecule has 0 bridgehead atoms. The normalized spacial score (nSPS) is 16.8. The second kappa shape index (κ2) is 3.88. The lowest BCUT2D eigenvalue weighted by atomic mass is 9.88. The average Bonchev–Trinajstić information content (AvgIpc) is 2.16. The van der Waals surface area contributed by atoms with Crippen molar-refractivity contribution in [3.05, 3.63) is 33.8 Å². The number of hydrogen-bond donors (Lipinski definition) is 2. The lowest BCUT2D eigenvalue weighted by Gasteiger charge is -2.32. The number of halogens is 1. The van der Waals surface area contributed by atoms with Crippen LogP contribution in [0.25, 0.3) is 5.57 Å². The highest BCUT2D eigenvalue weighted by Gasteiger charge is 2.27. The fraction of sp³-hybridized carbons (Fsp3) is 0.308. The van der Waals surface area contributed by atoms with Gasteiger partial charge in [-0.2, -0.15) is 0 Å². The van der Waals surface area contributed by atoms with Crippen LogP contribution in [0.3, 0.4) is 0 Å². The molecule has 0 spiro atoms. The van der Waals surface area contributed by atoms with E-state index in [-0.39, 0.29) is 5.54 Å². The molecule has 0 saturated carbocycles. The number of aromatic carboxylic acids is 1. The molecule has 0 atom stereocenters. The van der Waals surface area contributed by atoms with Crippen molar-refractivity contribution in [3.63, 3.8) is 0 Å². The van der Waals surface area contributed by atoms with E-state index < -0.39 is 5.97 Å². The second-order valence-electron chi connectivity index (χ2n) is 4.82. The number of rotatable bonds is 1. The number of hydrogen-bond acceptors (Lipinski definition) is 2. The van der Waals surface area contributed by atoms with Crippen LogP contribution in [0.15, 0.2) is 22.7 Å². The van der Waals surface area contributed by atoms with Gasteiger partial charge in [-0.05, 0) is 54.4 Å². The van der Waals surface area contributed by atoms with Crippen molar-refractivity contribution in [1.29, 1.82) is 0 Å². The van der Waals surface area contributed by atoms with Gasteiger partial charge in [-0.25, -0.2) is 4.79 Å². The molecule has 2 N–H and O–H groups in total. The topological polar surface area (TPSA) is 49.3 Å². The van der Waals surface area contributed by atoms with Gasteiger partial charge in [-0.1, -0.05) is 6.08 Å². The van der Waals surface area contributed by atoms with Gasteiger partial charge in [0, 0.05) is 15.7 Å². The highest BCUT2D eigenvalue weighted by molar-refractivity contribution is 9.10. The van der Waals surface area contributed by atoms with E-state index in [4.69, 9.17) is 0 Å². The van der Waals surface area contributed by atoms with Crippen LogP contribution in [0, 0.1) is 0 Å². The summed E-state index contributed by atoms with van der Waals surface area (Å²) >= 11 is 3.30. The van der Waals surface area contributed by atoms with Crippen molar-refractivity contribution >= 4 is 33.2 Å². The molecule has 1 aliphatic heterocycles. The van der Waals surface area contributed by atoms with Gasteiger partial charge in [0.15, 0.2) is 0 Å². The Bertz CT molecular complexity index is 532. The van der Waals surface area contributed by atoms with Crippen LogP contribution in [-0.4, -0.2) is 16.6 Å². The summed E-state index contributed by atoms with van der Waals surface area (Å²) in [6, 6.07) is 3.67. The predicted octanol–water partition coefficient (Wildman–Crippen LogP) is 3.75. The molecule has 0 fully saturated rings. The van der Waals surface area contributed by atoms with Crippen molar-refractivity contribution in [2.24, 2.45) is 0 Å². The van der Waals surface area contributed by atoms with Gasteiger partial charge in [0.25, 0.3) is 0 Å². The average molecular weight is 296 g/mol. The molecule has 1 heterocycles. The van der Waals surface area contributed by atoms with E-state index in [0.29, 0.717) is 10.0 Å². The Hall–Kier alpha value is -1.29. The van der Waals surface area contributed by atoms with Crippen LogP contribution in [0.4, 0.5) is 5.69 Å². The third kappa shape index (κ3) is 2.09. The first-order valence-electron chi connectivity index (χ1n) is 5.35. The Morgan fingerprint density at radius 1 is 1.41 bits per heavy atom. The van der Waals surface area contributed by atoms with Gasteiger partial charge in [0.05, 0.1) is 11.1 Å². The fourth-order valence-corrected chi connectivity index (χ4v) is 2.80. The summed E-state index contributed by atoms with van der Waals surface area (Å²) in [6.07, 6.45) is 2.05. The molecule has 2 rings (SSSR count). The van der Waals surface area contributed by atoms with Gasteiger partial charge in [-0.15, -0.1) is 0 Å². The predicted molar refractivity (Wildman–Crippen MR) is 72.5 cm³/mol. The highest BCUT2D eigenvalue weighted by atomic mass is 79.9. The Labute approximate surface area is 109 Å². The monoisotopic (exact) mass is 295 g/mol. The summed E-state index contributed by atoms with van der Waals surface area (Å²) in [5.74, 6) is -0.914. The lowest BCUT2D eigenvalue weighted by Crippen LogP contribution is -2.32. The van der Waals surface area contributed by atoms with Crippen LogP contribution >= 0.6 is 15.9 Å². The van der Waals surface area contributed by atoms with E-state index in [0.717, 1.165) is 16.8 Å². The van der Waals surface area contributed by atoms with Gasteiger partial charge in [0.1, 0.15) is 0 Å². The van der Waals surface area contributed by atoms with E-state index in [9.17, 15) is 9.90 Å². The minimum atomic E-state index is -0.914. The number of carboxylic acids is 1. The van der Waals surface area contributed by atoms with Gasteiger partial charge >= 0.3 is 5.97 Å². The van der Waals surface area contributed by atoms with Crippen LogP contribution in [0.5, 0.6) is 0 Å². The van der Waals surface area contributed by atoms with Crippen molar-refractivity contribution in [1.82, 2.24) is 0 Å². The minimum absolute atomic E-state index is 0.152. The molecule has 1 aromatic rings. The molecule has 0 saturated heterocycles. The summed E-state index contributed by atoms with van der Waals surface area (Å²) in [5.41, 5.74) is 2.80. The summed E-state index contributed by atoms with van der Waals surface area (Å²) in [4.78, 5) is 11.3. The first-order valence-corrected chi connectivity index (χ1v) is 6.15. The molecule has 90 valence electrons. The number of allylic oxidation sites excluding steroid dienone is 1. The zero-order valence-corrected chi connectivity index (χ0v) is 11.6. The lowest BCUT2D eigenvalue weighted by molar-refractivity contribution is 0.0695. The smallest absolute Gasteiger partial charge is 0.337 e. The molecule has 1 aliphatic rings. The summed E-state index contributed by atoms with van der Waals surface area (Å²) in [7, 11) is 0. The molecule has 0 amide bonds. The van der Waals surface area contributed by atoms with Crippen LogP contribution < -0.4 is 5.32 Å². The molecular weight excluding hydrogens is 282 g/mol. The van der Waals surface area contributed by atoms with Crippen LogP contribution in [-0.2, 0) is 0 Å². The number of carboxylic acid groups (broad SMARTS) is 1. The van der Waals surface area contributed by atoms with Gasteiger partial charge in [0.2, 0.25) is 0 Å². The molecule has 0 aromatic heterocycles. The van der Waals surface area contributed by atoms with Crippen molar-refractivity contribution in [2.75, 3.05) is 5.32 Å². The first-order chi connectivity index (χ1) is 7.82. The maximum atomic E-state index is 11.3. The number of nitrogens with one attached hydrogen (secondary N) is 1. The van der Waals surface area contributed by atoms with Crippen molar-refractivity contribution < 1.29 is 9.90 Å². The molecule has 0 unspecified atom stereocenters. The molecular formula is C13H14BrNO2. The van der Waals surface area contributed by atoms with Crippen LogP contribution in [0.1, 0.15) is 36.7 Å². The van der Waals surface area contributed by atoms with Gasteiger partial charge < -0.3 is 10.4 Å². The fourth-order valence-electron chi connectivity index (χ4n) is 2.30. The number of benzene rings is 1. The second-order valence-corrected chi connectivity index (χ2v) is 5.68. The molecule has 0 radical (unpaired) electrons. The van der Waals surface area contributed by atoms with Crippen LogP contribution in [0.2, 0.25) is 0 Å². The maximum Gasteiger partial charge on any atom is 0.337 e. The molecule has 17 heavy (non-hydrogen) atoms. The Kier molecular flexibility index (Phi) is 2.78. The zero-order valence-electron chi connectivity index (χ0n) is 9.97. The van der Waals surface area contributed by atoms with E-state index in [1.54, 1.807) is 6.07 Å². The Morgan fingerprint density at radius 3 is 2.65 bits per heavy atom. The highest BCUT2D eigenvalue weighted by Crippen LogP contribution is 2.38. The maximum absolute atomic E-state index is 11.3. The minimum Gasteiger partial charge on any atom is -0.478 e. The van der Waals surface area contributed by atoms with E-state index in [1.165, 1.54) is 0 Å². The standard InChI is InChI=1S/C13H14BrNO2/c1-7-6-13(2,3)15-9-5-4-8(14)11(10(7)9)12(16)17/h4-6,15H,1-3H3,(H,16,17). The number of carbonyl (C=O) groups is 1. The van der Waals surface area contributed by atoms with E-state index in [2.05, 4.69) is 35.1 Å². The zero-order chi connectivity index (χ0) is 12.8. The van der Waals surface area contributed by atoms with Crippen molar-refractivity contribution in [2.45, 2.75) is 26.3 Å².